The summed E-state index contributed by atoms with van der Waals surface area (Å²) < 4.78 is 1.47. The highest BCUT2D eigenvalue weighted by molar-refractivity contribution is 5.96. The molecule has 1 saturated heterocycles. The smallest absolute Gasteiger partial charge is 0.267 e. The molecule has 1 saturated carbocycles. The van der Waals surface area contributed by atoms with E-state index in [0.29, 0.717) is 24.2 Å². The lowest BCUT2D eigenvalue weighted by atomic mass is 9.93. The van der Waals surface area contributed by atoms with Crippen LogP contribution in [0.3, 0.4) is 0 Å². The summed E-state index contributed by atoms with van der Waals surface area (Å²) in [6, 6.07) is 3.14. The summed E-state index contributed by atoms with van der Waals surface area (Å²) in [7, 11) is 0. The molecule has 3 N–H and O–H groups in total. The summed E-state index contributed by atoms with van der Waals surface area (Å²) in [5.74, 6) is 0.601. The summed E-state index contributed by atoms with van der Waals surface area (Å²) in [6.07, 6.45) is 5.97. The molecule has 0 aromatic carbocycles. The molecule has 0 spiro atoms. The van der Waals surface area contributed by atoms with Crippen molar-refractivity contribution in [3.05, 3.63) is 39.4 Å². The number of piperidine rings is 1. The molecule has 0 radical (unpaired) electrons. The molecule has 1 aliphatic heterocycles. The van der Waals surface area contributed by atoms with Crippen LogP contribution >= 0.6 is 0 Å². The molecule has 0 bridgehead atoms. The molecule has 1 amide bonds. The number of aromatic amines is 1. The minimum Gasteiger partial charge on any atom is -0.391 e. The van der Waals surface area contributed by atoms with Gasteiger partial charge in [-0.25, -0.2) is 4.68 Å². The number of aromatic nitrogens is 4. The second kappa shape index (κ2) is 9.21. The van der Waals surface area contributed by atoms with Gasteiger partial charge in [-0.1, -0.05) is 12.8 Å². The molecule has 9 heteroatoms. The minimum atomic E-state index is -0.535. The van der Waals surface area contributed by atoms with Crippen molar-refractivity contribution in [1.82, 2.24) is 25.3 Å². The van der Waals surface area contributed by atoms with Crippen LogP contribution in [0.25, 0.3) is 0 Å². The average Bonchev–Trinajstić information content (AvgIpc) is 3.11. The Morgan fingerprint density at radius 1 is 1.19 bits per heavy atom. The Hall–Kier alpha value is -2.68. The maximum absolute atomic E-state index is 12.7. The van der Waals surface area contributed by atoms with E-state index < -0.39 is 6.10 Å². The Bertz CT molecular complexity index is 964. The first-order valence-corrected chi connectivity index (χ1v) is 11.3. The van der Waals surface area contributed by atoms with E-state index in [-0.39, 0.29) is 23.6 Å². The molecule has 9 nitrogen and oxygen atoms in total. The van der Waals surface area contributed by atoms with Crippen LogP contribution in [0, 0.1) is 13.8 Å². The van der Waals surface area contributed by atoms with Gasteiger partial charge in [-0.15, -0.1) is 0 Å². The van der Waals surface area contributed by atoms with Crippen LogP contribution in [0.5, 0.6) is 0 Å². The predicted molar refractivity (Wildman–Crippen MR) is 117 cm³/mol. The Labute approximate surface area is 181 Å². The number of nitrogens with zero attached hydrogens (tertiary/aromatic N) is 4. The van der Waals surface area contributed by atoms with Crippen molar-refractivity contribution in [2.75, 3.05) is 18.0 Å². The molecule has 4 rings (SSSR count). The first-order chi connectivity index (χ1) is 15.0. The number of anilines is 1. The van der Waals surface area contributed by atoms with Crippen molar-refractivity contribution < 1.29 is 9.90 Å². The number of carbonyl (C=O) groups is 1. The van der Waals surface area contributed by atoms with Gasteiger partial charge in [0.05, 0.1) is 23.4 Å². The maximum atomic E-state index is 12.7. The van der Waals surface area contributed by atoms with E-state index in [0.717, 1.165) is 56.6 Å². The Morgan fingerprint density at radius 2 is 1.97 bits per heavy atom. The van der Waals surface area contributed by atoms with Crippen molar-refractivity contribution in [3.63, 3.8) is 0 Å². The van der Waals surface area contributed by atoms with E-state index in [1.807, 2.05) is 13.8 Å². The van der Waals surface area contributed by atoms with Crippen molar-refractivity contribution in [2.24, 2.45) is 0 Å². The number of nitrogens with one attached hydrogen (secondary N) is 2. The summed E-state index contributed by atoms with van der Waals surface area (Å²) in [5.41, 5.74) is 1.87. The molecular weight excluding hydrogens is 396 g/mol. The van der Waals surface area contributed by atoms with E-state index in [4.69, 9.17) is 0 Å². The molecule has 168 valence electrons. The van der Waals surface area contributed by atoms with Crippen LogP contribution in [-0.2, 0) is 0 Å². The third-order valence-corrected chi connectivity index (χ3v) is 6.59. The van der Waals surface area contributed by atoms with Gasteiger partial charge in [0.15, 0.2) is 0 Å². The normalized spacial score (nSPS) is 24.2. The van der Waals surface area contributed by atoms with Crippen molar-refractivity contribution in [2.45, 2.75) is 77.0 Å². The average molecular weight is 429 g/mol. The van der Waals surface area contributed by atoms with Crippen molar-refractivity contribution >= 4 is 11.7 Å². The molecule has 3 unspecified atom stereocenters. The van der Waals surface area contributed by atoms with Crippen LogP contribution in [0.15, 0.2) is 16.9 Å². The molecule has 3 heterocycles. The zero-order valence-electron chi connectivity index (χ0n) is 18.3. The van der Waals surface area contributed by atoms with Crippen LogP contribution in [0.1, 0.15) is 72.7 Å². The standard InChI is InChI=1S/C22H32N6O3/c1-14-21(15(2)25-24-14)22(31)23-13-16-7-5-6-12-27(16)19-10-11-20(30)28(26-19)17-8-3-4-9-18(17)29/h10-11,16-18,29H,3-9,12-13H2,1-2H3,(H,23,31)(H,24,25). The fourth-order valence-corrected chi connectivity index (χ4v) is 4.88. The van der Waals surface area contributed by atoms with Gasteiger partial charge in [0.25, 0.3) is 11.5 Å². The molecule has 3 atom stereocenters. The monoisotopic (exact) mass is 428 g/mol. The number of hydrogen-bond donors (Lipinski definition) is 3. The van der Waals surface area contributed by atoms with Crippen LogP contribution < -0.4 is 15.8 Å². The number of rotatable bonds is 5. The quantitative estimate of drug-likeness (QED) is 0.669. The van der Waals surface area contributed by atoms with E-state index in [1.165, 1.54) is 4.68 Å². The van der Waals surface area contributed by atoms with Crippen LogP contribution in [-0.4, -0.2) is 56.2 Å². The number of aliphatic hydroxyl groups is 1. The highest BCUT2D eigenvalue weighted by atomic mass is 16.3. The van der Waals surface area contributed by atoms with Crippen molar-refractivity contribution in [1.29, 1.82) is 0 Å². The van der Waals surface area contributed by atoms with Gasteiger partial charge in [-0.05, 0) is 52.0 Å². The topological polar surface area (TPSA) is 116 Å². The number of amides is 1. The van der Waals surface area contributed by atoms with E-state index in [1.54, 1.807) is 12.1 Å². The SMILES string of the molecule is Cc1n[nH]c(C)c1C(=O)NCC1CCCCN1c1ccc(=O)n(C2CCCCC2O)n1. The van der Waals surface area contributed by atoms with E-state index in [9.17, 15) is 14.7 Å². The minimum absolute atomic E-state index is 0.0972. The number of aryl methyl sites for hydroxylation is 2. The second-order valence-corrected chi connectivity index (χ2v) is 8.76. The third kappa shape index (κ3) is 4.51. The lowest BCUT2D eigenvalue weighted by molar-refractivity contribution is 0.0669. The summed E-state index contributed by atoms with van der Waals surface area (Å²) in [4.78, 5) is 27.4. The van der Waals surface area contributed by atoms with E-state index in [2.05, 4.69) is 25.5 Å². The summed E-state index contributed by atoms with van der Waals surface area (Å²) in [5, 5.41) is 25.1. The van der Waals surface area contributed by atoms with Gasteiger partial charge in [0.2, 0.25) is 0 Å². The molecule has 2 aromatic rings. The fourth-order valence-electron chi connectivity index (χ4n) is 4.88. The first kappa shape index (κ1) is 21.5. The zero-order chi connectivity index (χ0) is 22.0. The highest BCUT2D eigenvalue weighted by Crippen LogP contribution is 2.28. The van der Waals surface area contributed by atoms with Gasteiger partial charge in [-0.2, -0.15) is 10.2 Å². The maximum Gasteiger partial charge on any atom is 0.267 e. The number of aliphatic hydroxyl groups excluding tert-OH is 1. The van der Waals surface area contributed by atoms with Crippen molar-refractivity contribution in [3.8, 4) is 0 Å². The highest BCUT2D eigenvalue weighted by Gasteiger charge is 2.29. The summed E-state index contributed by atoms with van der Waals surface area (Å²) >= 11 is 0. The second-order valence-electron chi connectivity index (χ2n) is 8.76. The van der Waals surface area contributed by atoms with Crippen LogP contribution in [0.2, 0.25) is 0 Å². The lowest BCUT2D eigenvalue weighted by Crippen LogP contribution is -2.48. The molecule has 31 heavy (non-hydrogen) atoms. The summed E-state index contributed by atoms with van der Waals surface area (Å²) in [6.45, 7) is 4.98. The molecule has 1 aliphatic carbocycles. The third-order valence-electron chi connectivity index (χ3n) is 6.59. The van der Waals surface area contributed by atoms with Gasteiger partial charge >= 0.3 is 0 Å². The van der Waals surface area contributed by atoms with Crippen LogP contribution in [0.4, 0.5) is 5.82 Å². The predicted octanol–water partition coefficient (Wildman–Crippen LogP) is 1.85. The Morgan fingerprint density at radius 3 is 2.71 bits per heavy atom. The molecular formula is C22H32N6O3. The molecule has 2 fully saturated rings. The molecule has 2 aromatic heterocycles. The number of carbonyl (C=O) groups excluding carboxylic acids is 1. The largest absolute Gasteiger partial charge is 0.391 e. The van der Waals surface area contributed by atoms with Gasteiger partial charge in [0.1, 0.15) is 5.82 Å². The van der Waals surface area contributed by atoms with Gasteiger partial charge in [0, 0.05) is 30.9 Å². The lowest BCUT2D eigenvalue weighted by Gasteiger charge is -2.37. The fraction of sp³-hybridized carbons (Fsp3) is 0.636. The number of H-pyrrole nitrogens is 1. The Balaban J connectivity index is 1.51. The zero-order valence-corrected chi connectivity index (χ0v) is 18.3. The number of hydrogen-bond acceptors (Lipinski definition) is 6. The molecule has 2 aliphatic rings. The Kier molecular flexibility index (Phi) is 6.41. The van der Waals surface area contributed by atoms with Gasteiger partial charge < -0.3 is 15.3 Å². The first-order valence-electron chi connectivity index (χ1n) is 11.3. The van der Waals surface area contributed by atoms with E-state index >= 15 is 0 Å². The van der Waals surface area contributed by atoms with Gasteiger partial charge in [-0.3, -0.25) is 14.7 Å².